The summed E-state index contributed by atoms with van der Waals surface area (Å²) in [6.07, 6.45) is 2.94. The predicted octanol–water partition coefficient (Wildman–Crippen LogP) is 4.21. The Kier molecular flexibility index (Phi) is 5.96. The highest BCUT2D eigenvalue weighted by molar-refractivity contribution is 5.94. The number of nitrogens with one attached hydrogen (secondary N) is 2. The third kappa shape index (κ3) is 5.31. The molecule has 2 heterocycles. The number of benzene rings is 1. The van der Waals surface area contributed by atoms with Crippen molar-refractivity contribution in [1.82, 2.24) is 15.5 Å². The molecule has 1 aliphatic rings. The Hall–Kier alpha value is -2.90. The quantitative estimate of drug-likeness (QED) is 0.760. The second-order valence-corrected chi connectivity index (χ2v) is 7.84. The number of amides is 2. The van der Waals surface area contributed by atoms with Gasteiger partial charge in [-0.3, -0.25) is 4.79 Å². The number of carbonyl (C=O) groups is 2. The highest BCUT2D eigenvalue weighted by Crippen LogP contribution is 2.30. The van der Waals surface area contributed by atoms with E-state index in [0.29, 0.717) is 35.9 Å². The summed E-state index contributed by atoms with van der Waals surface area (Å²) >= 11 is 0. The van der Waals surface area contributed by atoms with Crippen LogP contribution in [-0.4, -0.2) is 27.8 Å². The molecule has 0 radical (unpaired) electrons. The Morgan fingerprint density at radius 3 is 2.79 bits per heavy atom. The summed E-state index contributed by atoms with van der Waals surface area (Å²) in [5, 5.41) is 14.0. The number of para-hydroxylation sites is 1. The number of alkyl carbamates (subject to hydrolysis) is 1. The number of nitrogens with zero attached hydrogens (tertiary/aromatic N) is 2. The van der Waals surface area contributed by atoms with E-state index in [1.165, 1.54) is 0 Å². The standard InChI is InChI=1S/C20H26N4O4/c1-20(2,3)28-19(26)22-15-11-5-4-6-12-16(25)21-14-10-8-7-9-13(14)17-23-24-18(15)27-17/h7-10,15H,4-6,11-12H2,1-3H3,(H,21,25)(H,22,26)/t15-/m0/s1. The van der Waals surface area contributed by atoms with E-state index in [4.69, 9.17) is 9.15 Å². The van der Waals surface area contributed by atoms with Crippen LogP contribution in [0.15, 0.2) is 28.7 Å². The van der Waals surface area contributed by atoms with E-state index in [2.05, 4.69) is 20.8 Å². The number of carbonyl (C=O) groups excluding carboxylic acids is 2. The van der Waals surface area contributed by atoms with Crippen LogP contribution in [0.2, 0.25) is 0 Å². The van der Waals surface area contributed by atoms with Gasteiger partial charge in [-0.2, -0.15) is 0 Å². The summed E-state index contributed by atoms with van der Waals surface area (Å²) in [5.41, 5.74) is 0.668. The maximum absolute atomic E-state index is 12.2. The normalized spacial score (nSPS) is 18.0. The zero-order valence-corrected chi connectivity index (χ0v) is 16.4. The van der Waals surface area contributed by atoms with Gasteiger partial charge in [0, 0.05) is 6.42 Å². The SMILES string of the molecule is CC(C)(C)OC(=O)N[C@H]1CCCCCC(=O)Nc2ccccc2-c2nnc1o2. The van der Waals surface area contributed by atoms with E-state index >= 15 is 0 Å². The van der Waals surface area contributed by atoms with Crippen LogP contribution in [0.1, 0.15) is 64.8 Å². The third-order valence-electron chi connectivity index (χ3n) is 4.26. The molecule has 0 fully saturated rings. The molecule has 0 unspecified atom stereocenters. The Labute approximate surface area is 164 Å². The van der Waals surface area contributed by atoms with E-state index in [1.54, 1.807) is 6.07 Å². The van der Waals surface area contributed by atoms with Crippen molar-refractivity contribution in [2.24, 2.45) is 0 Å². The molecule has 0 spiro atoms. The van der Waals surface area contributed by atoms with E-state index in [9.17, 15) is 9.59 Å². The molecule has 1 aliphatic heterocycles. The number of anilines is 1. The third-order valence-corrected chi connectivity index (χ3v) is 4.26. The average molecular weight is 386 g/mol. The fourth-order valence-corrected chi connectivity index (χ4v) is 2.99. The van der Waals surface area contributed by atoms with Gasteiger partial charge in [-0.15, -0.1) is 10.2 Å². The van der Waals surface area contributed by atoms with Crippen molar-refractivity contribution < 1.29 is 18.7 Å². The smallest absolute Gasteiger partial charge is 0.408 e. The van der Waals surface area contributed by atoms with Crippen molar-refractivity contribution >= 4 is 17.7 Å². The topological polar surface area (TPSA) is 106 Å². The molecule has 1 atom stereocenters. The van der Waals surface area contributed by atoms with Gasteiger partial charge in [0.15, 0.2) is 0 Å². The van der Waals surface area contributed by atoms with Gasteiger partial charge in [-0.25, -0.2) is 4.79 Å². The van der Waals surface area contributed by atoms with Crippen molar-refractivity contribution in [3.63, 3.8) is 0 Å². The van der Waals surface area contributed by atoms with E-state index in [-0.39, 0.29) is 5.91 Å². The van der Waals surface area contributed by atoms with Gasteiger partial charge in [0.1, 0.15) is 11.6 Å². The summed E-state index contributed by atoms with van der Waals surface area (Å²) in [4.78, 5) is 24.4. The van der Waals surface area contributed by atoms with Crippen LogP contribution in [0.3, 0.4) is 0 Å². The Balaban J connectivity index is 1.88. The Morgan fingerprint density at radius 2 is 2.00 bits per heavy atom. The molecule has 8 nitrogen and oxygen atoms in total. The first-order chi connectivity index (χ1) is 13.3. The van der Waals surface area contributed by atoms with Gasteiger partial charge in [0.25, 0.3) is 0 Å². The minimum Gasteiger partial charge on any atom is -0.444 e. The number of rotatable bonds is 1. The molecule has 1 aromatic heterocycles. The molecular formula is C20H26N4O4. The zero-order valence-electron chi connectivity index (χ0n) is 16.4. The molecule has 3 rings (SSSR count). The van der Waals surface area contributed by atoms with Crippen molar-refractivity contribution in [3.05, 3.63) is 30.2 Å². The number of fused-ring (bicyclic) bond motifs is 4. The molecular weight excluding hydrogens is 360 g/mol. The fourth-order valence-electron chi connectivity index (χ4n) is 2.99. The molecule has 2 bridgehead atoms. The molecule has 2 aromatic rings. The molecule has 150 valence electrons. The van der Waals surface area contributed by atoms with Crippen molar-refractivity contribution in [2.75, 3.05) is 5.32 Å². The largest absolute Gasteiger partial charge is 0.444 e. The van der Waals surface area contributed by atoms with Crippen LogP contribution >= 0.6 is 0 Å². The van der Waals surface area contributed by atoms with Crippen molar-refractivity contribution in [3.8, 4) is 11.5 Å². The first-order valence-corrected chi connectivity index (χ1v) is 9.54. The monoisotopic (exact) mass is 386 g/mol. The molecule has 0 saturated heterocycles. The summed E-state index contributed by atoms with van der Waals surface area (Å²) in [7, 11) is 0. The lowest BCUT2D eigenvalue weighted by molar-refractivity contribution is -0.116. The molecule has 2 N–H and O–H groups in total. The predicted molar refractivity (Wildman–Crippen MR) is 104 cm³/mol. The van der Waals surface area contributed by atoms with Crippen molar-refractivity contribution in [2.45, 2.75) is 64.5 Å². The number of hydrogen-bond donors (Lipinski definition) is 2. The van der Waals surface area contributed by atoms with Gasteiger partial charge in [0.05, 0.1) is 11.3 Å². The van der Waals surface area contributed by atoms with Crippen LogP contribution < -0.4 is 10.6 Å². The van der Waals surface area contributed by atoms with E-state index in [1.807, 2.05) is 39.0 Å². The van der Waals surface area contributed by atoms with Crippen LogP contribution in [-0.2, 0) is 9.53 Å². The fraction of sp³-hybridized carbons (Fsp3) is 0.500. The lowest BCUT2D eigenvalue weighted by atomic mass is 10.1. The molecule has 0 saturated carbocycles. The molecule has 2 amide bonds. The second kappa shape index (κ2) is 8.41. The molecule has 0 aliphatic carbocycles. The lowest BCUT2D eigenvalue weighted by Crippen LogP contribution is -2.35. The minimum atomic E-state index is -0.599. The summed E-state index contributed by atoms with van der Waals surface area (Å²) < 4.78 is 11.2. The highest BCUT2D eigenvalue weighted by atomic mass is 16.6. The second-order valence-electron chi connectivity index (χ2n) is 7.84. The van der Waals surface area contributed by atoms with Gasteiger partial charge in [-0.1, -0.05) is 25.0 Å². The Bertz CT molecular complexity index is 841. The van der Waals surface area contributed by atoms with Gasteiger partial charge >= 0.3 is 6.09 Å². The summed E-state index contributed by atoms with van der Waals surface area (Å²) in [5.74, 6) is 0.567. The lowest BCUT2D eigenvalue weighted by Gasteiger charge is -2.22. The first kappa shape index (κ1) is 19.9. The van der Waals surface area contributed by atoms with Crippen LogP contribution in [0, 0.1) is 0 Å². The van der Waals surface area contributed by atoms with Crippen LogP contribution in [0.5, 0.6) is 0 Å². The van der Waals surface area contributed by atoms with E-state index in [0.717, 1.165) is 19.3 Å². The maximum Gasteiger partial charge on any atom is 0.408 e. The molecule has 1 aromatic carbocycles. The molecule has 8 heteroatoms. The van der Waals surface area contributed by atoms with E-state index < -0.39 is 17.7 Å². The zero-order chi connectivity index (χ0) is 20.1. The molecule has 28 heavy (non-hydrogen) atoms. The summed E-state index contributed by atoms with van der Waals surface area (Å²) in [6, 6.07) is 6.83. The van der Waals surface area contributed by atoms with Gasteiger partial charge in [-0.05, 0) is 45.7 Å². The van der Waals surface area contributed by atoms with Crippen LogP contribution in [0.4, 0.5) is 10.5 Å². The highest BCUT2D eigenvalue weighted by Gasteiger charge is 2.25. The van der Waals surface area contributed by atoms with Crippen molar-refractivity contribution in [1.29, 1.82) is 0 Å². The Morgan fingerprint density at radius 1 is 1.21 bits per heavy atom. The van der Waals surface area contributed by atoms with Crippen LogP contribution in [0.25, 0.3) is 11.5 Å². The number of aromatic nitrogens is 2. The summed E-state index contributed by atoms with van der Waals surface area (Å²) in [6.45, 7) is 5.43. The number of hydrogen-bond acceptors (Lipinski definition) is 6. The minimum absolute atomic E-state index is 0.0464. The average Bonchev–Trinajstić information content (AvgIpc) is 3.08. The van der Waals surface area contributed by atoms with Gasteiger partial charge < -0.3 is 19.8 Å². The maximum atomic E-state index is 12.2. The number of ether oxygens (including phenoxy) is 1. The van der Waals surface area contributed by atoms with Gasteiger partial charge in [0.2, 0.25) is 17.7 Å². The first-order valence-electron chi connectivity index (χ1n) is 9.54.